The second kappa shape index (κ2) is 8.03. The van der Waals surface area contributed by atoms with Gasteiger partial charge in [-0.2, -0.15) is 0 Å². The first-order valence-corrected chi connectivity index (χ1v) is 9.75. The molecule has 1 aliphatic rings. The van der Waals surface area contributed by atoms with E-state index < -0.39 is 11.6 Å². The summed E-state index contributed by atoms with van der Waals surface area (Å²) in [6.45, 7) is 3.94. The van der Waals surface area contributed by atoms with Gasteiger partial charge in [0, 0.05) is 42.6 Å². The van der Waals surface area contributed by atoms with E-state index in [-0.39, 0.29) is 5.91 Å². The van der Waals surface area contributed by atoms with Crippen molar-refractivity contribution in [3.63, 3.8) is 0 Å². The van der Waals surface area contributed by atoms with Gasteiger partial charge in [-0.1, -0.05) is 24.3 Å². The van der Waals surface area contributed by atoms with E-state index in [2.05, 4.69) is 29.2 Å². The minimum atomic E-state index is -0.963. The molecule has 0 saturated heterocycles. The van der Waals surface area contributed by atoms with Gasteiger partial charge in [0.1, 0.15) is 0 Å². The maximum Gasteiger partial charge on any atom is 0.258 e. The van der Waals surface area contributed by atoms with Crippen LogP contribution in [0.1, 0.15) is 28.4 Å². The van der Waals surface area contributed by atoms with E-state index >= 15 is 0 Å². The first-order valence-electron chi connectivity index (χ1n) is 9.75. The van der Waals surface area contributed by atoms with E-state index in [1.807, 2.05) is 12.1 Å². The van der Waals surface area contributed by atoms with Crippen LogP contribution < -0.4 is 9.80 Å². The van der Waals surface area contributed by atoms with E-state index in [9.17, 15) is 13.6 Å². The summed E-state index contributed by atoms with van der Waals surface area (Å²) in [7, 11) is 0. The lowest BCUT2D eigenvalue weighted by molar-refractivity contribution is 0.0988. The van der Waals surface area contributed by atoms with Crippen molar-refractivity contribution in [3.8, 4) is 0 Å². The summed E-state index contributed by atoms with van der Waals surface area (Å²) >= 11 is 0. The largest absolute Gasteiger partial charge is 0.367 e. The van der Waals surface area contributed by atoms with E-state index in [1.165, 1.54) is 22.1 Å². The molecular formula is C24H22F2N2O. The van der Waals surface area contributed by atoms with E-state index in [0.717, 1.165) is 37.3 Å². The van der Waals surface area contributed by atoms with Gasteiger partial charge in [0.05, 0.1) is 0 Å². The highest BCUT2D eigenvalue weighted by atomic mass is 19.2. The van der Waals surface area contributed by atoms with Crippen molar-refractivity contribution >= 4 is 17.3 Å². The predicted octanol–water partition coefficient (Wildman–Crippen LogP) is 5.19. The van der Waals surface area contributed by atoms with Crippen molar-refractivity contribution in [1.29, 1.82) is 0 Å². The predicted molar refractivity (Wildman–Crippen MR) is 111 cm³/mol. The summed E-state index contributed by atoms with van der Waals surface area (Å²) in [6.07, 6.45) is 0.997. The third kappa shape index (κ3) is 3.86. The highest BCUT2D eigenvalue weighted by Crippen LogP contribution is 2.26. The molecule has 4 rings (SSSR count). The smallest absolute Gasteiger partial charge is 0.258 e. The zero-order chi connectivity index (χ0) is 20.4. The number of carbonyl (C=O) groups excluding carboxylic acids is 1. The van der Waals surface area contributed by atoms with Crippen molar-refractivity contribution < 1.29 is 13.6 Å². The highest BCUT2D eigenvalue weighted by Gasteiger charge is 2.19. The fourth-order valence-corrected chi connectivity index (χ4v) is 3.78. The van der Waals surface area contributed by atoms with Gasteiger partial charge in [-0.25, -0.2) is 8.78 Å². The Balaban J connectivity index is 1.52. The average molecular weight is 392 g/mol. The molecule has 5 heteroatoms. The first-order chi connectivity index (χ1) is 14.1. The third-order valence-electron chi connectivity index (χ3n) is 5.39. The van der Waals surface area contributed by atoms with Crippen LogP contribution in [0.4, 0.5) is 20.2 Å². The van der Waals surface area contributed by atoms with Gasteiger partial charge >= 0.3 is 0 Å². The first kappa shape index (κ1) is 19.1. The molecule has 0 bridgehead atoms. The molecule has 3 aromatic carbocycles. The number of nitrogens with zero attached hydrogens (tertiary/aromatic N) is 2. The zero-order valence-corrected chi connectivity index (χ0v) is 16.2. The van der Waals surface area contributed by atoms with Crippen LogP contribution in [0.5, 0.6) is 0 Å². The number of anilines is 2. The van der Waals surface area contributed by atoms with Gasteiger partial charge in [-0.05, 0) is 60.9 Å². The molecule has 148 valence electrons. The standard InChI is InChI=1S/C24H22F2N2O/c1-2-28(21-11-12-22(25)23(26)15-21)24(29)18-7-9-20(10-8-18)27-14-13-17-5-3-4-6-19(17)16-27/h3-12,15H,2,13-14,16H2,1H3. The van der Waals surface area contributed by atoms with Crippen molar-refractivity contribution in [2.45, 2.75) is 19.9 Å². The van der Waals surface area contributed by atoms with Crippen LogP contribution in [0.25, 0.3) is 0 Å². The normalized spacial score (nSPS) is 13.1. The maximum absolute atomic E-state index is 13.6. The van der Waals surface area contributed by atoms with Gasteiger partial charge in [-0.15, -0.1) is 0 Å². The van der Waals surface area contributed by atoms with Gasteiger partial charge in [0.25, 0.3) is 5.91 Å². The Labute approximate surface area is 169 Å². The van der Waals surface area contributed by atoms with Gasteiger partial charge in [0.15, 0.2) is 11.6 Å². The van der Waals surface area contributed by atoms with Crippen LogP contribution in [0.15, 0.2) is 66.7 Å². The molecule has 0 fully saturated rings. The Morgan fingerprint density at radius 3 is 2.38 bits per heavy atom. The lowest BCUT2D eigenvalue weighted by Crippen LogP contribution is -2.31. The average Bonchev–Trinajstić information content (AvgIpc) is 2.76. The number of carbonyl (C=O) groups is 1. The topological polar surface area (TPSA) is 23.6 Å². The molecule has 0 saturated carbocycles. The Morgan fingerprint density at radius 1 is 0.966 bits per heavy atom. The molecule has 0 atom stereocenters. The SMILES string of the molecule is CCN(C(=O)c1ccc(N2CCc3ccccc3C2)cc1)c1ccc(F)c(F)c1. The maximum atomic E-state index is 13.6. The van der Waals surface area contributed by atoms with Crippen LogP contribution in [-0.4, -0.2) is 19.0 Å². The number of hydrogen-bond acceptors (Lipinski definition) is 2. The summed E-state index contributed by atoms with van der Waals surface area (Å²) in [5, 5.41) is 0. The summed E-state index contributed by atoms with van der Waals surface area (Å²) in [5.41, 5.74) is 4.63. The number of fused-ring (bicyclic) bond motifs is 1. The summed E-state index contributed by atoms with van der Waals surface area (Å²) < 4.78 is 26.8. The van der Waals surface area contributed by atoms with E-state index in [1.54, 1.807) is 19.1 Å². The number of halogens is 2. The van der Waals surface area contributed by atoms with Crippen LogP contribution >= 0.6 is 0 Å². The minimum absolute atomic E-state index is 0.242. The molecule has 0 N–H and O–H groups in total. The molecule has 0 unspecified atom stereocenters. The van der Waals surface area contributed by atoms with Gasteiger partial charge in [-0.3, -0.25) is 4.79 Å². The van der Waals surface area contributed by atoms with Gasteiger partial charge in [0.2, 0.25) is 0 Å². The van der Waals surface area contributed by atoms with Crippen LogP contribution in [-0.2, 0) is 13.0 Å². The van der Waals surface area contributed by atoms with Crippen molar-refractivity contribution in [2.75, 3.05) is 22.9 Å². The van der Waals surface area contributed by atoms with Crippen molar-refractivity contribution in [2.24, 2.45) is 0 Å². The Hall–Kier alpha value is -3.21. The van der Waals surface area contributed by atoms with Crippen molar-refractivity contribution in [1.82, 2.24) is 0 Å². The van der Waals surface area contributed by atoms with Crippen LogP contribution in [0.2, 0.25) is 0 Å². The molecule has 0 aliphatic carbocycles. The third-order valence-corrected chi connectivity index (χ3v) is 5.39. The molecule has 29 heavy (non-hydrogen) atoms. The Kier molecular flexibility index (Phi) is 5.30. The second-order valence-electron chi connectivity index (χ2n) is 7.13. The summed E-state index contributed by atoms with van der Waals surface area (Å²) in [5.74, 6) is -2.13. The molecule has 0 radical (unpaired) electrons. The quantitative estimate of drug-likeness (QED) is 0.610. The number of amides is 1. The van der Waals surface area contributed by atoms with Crippen LogP contribution in [0, 0.1) is 11.6 Å². The highest BCUT2D eigenvalue weighted by molar-refractivity contribution is 6.06. The summed E-state index contributed by atoms with van der Waals surface area (Å²) in [6, 6.07) is 19.4. The lowest BCUT2D eigenvalue weighted by atomic mass is 9.99. The number of rotatable bonds is 4. The molecule has 1 heterocycles. The number of benzene rings is 3. The Morgan fingerprint density at radius 2 is 1.69 bits per heavy atom. The van der Waals surface area contributed by atoms with Gasteiger partial charge < -0.3 is 9.80 Å². The number of hydrogen-bond donors (Lipinski definition) is 0. The lowest BCUT2D eigenvalue weighted by Gasteiger charge is -2.31. The van der Waals surface area contributed by atoms with E-state index in [4.69, 9.17) is 0 Å². The molecule has 0 aromatic heterocycles. The Bertz CT molecular complexity index is 1030. The molecule has 0 spiro atoms. The molecule has 1 aliphatic heterocycles. The second-order valence-corrected chi connectivity index (χ2v) is 7.13. The molecule has 3 aromatic rings. The van der Waals surface area contributed by atoms with E-state index in [0.29, 0.717) is 17.8 Å². The fraction of sp³-hybridized carbons (Fsp3) is 0.208. The zero-order valence-electron chi connectivity index (χ0n) is 16.2. The van der Waals surface area contributed by atoms with Crippen molar-refractivity contribution in [3.05, 3.63) is 95.1 Å². The molecular weight excluding hydrogens is 370 g/mol. The fourth-order valence-electron chi connectivity index (χ4n) is 3.78. The monoisotopic (exact) mass is 392 g/mol. The molecule has 1 amide bonds. The molecule has 3 nitrogen and oxygen atoms in total. The summed E-state index contributed by atoms with van der Waals surface area (Å²) in [4.78, 5) is 16.7. The minimum Gasteiger partial charge on any atom is -0.367 e. The van der Waals surface area contributed by atoms with Crippen LogP contribution in [0.3, 0.4) is 0 Å².